The van der Waals surface area contributed by atoms with Gasteiger partial charge in [0.1, 0.15) is 5.82 Å². The van der Waals surface area contributed by atoms with Gasteiger partial charge in [-0.05, 0) is 18.2 Å². The Balaban J connectivity index is 2.99. The number of halogens is 1. The highest BCUT2D eigenvalue weighted by Gasteiger charge is 2.08. The van der Waals surface area contributed by atoms with E-state index in [1.54, 1.807) is 0 Å². The lowest BCUT2D eigenvalue weighted by atomic mass is 10.3. The van der Waals surface area contributed by atoms with Crippen LogP contribution >= 0.6 is 0 Å². The van der Waals surface area contributed by atoms with E-state index in [0.717, 1.165) is 12.1 Å². The van der Waals surface area contributed by atoms with E-state index in [1.165, 1.54) is 13.1 Å². The zero-order chi connectivity index (χ0) is 10.8. The molecule has 78 valence electrons. The van der Waals surface area contributed by atoms with E-state index in [1.807, 2.05) is 4.72 Å². The second-order valence-corrected chi connectivity index (χ2v) is 4.16. The number of nitrogen functional groups attached to an aromatic ring is 1. The lowest BCUT2D eigenvalue weighted by Crippen LogP contribution is -2.26. The number of nitrogens with one attached hydrogen (secondary N) is 2. The van der Waals surface area contributed by atoms with Gasteiger partial charge < -0.3 is 5.73 Å². The monoisotopic (exact) mass is 219 g/mol. The van der Waals surface area contributed by atoms with Gasteiger partial charge in [-0.25, -0.2) is 9.11 Å². The van der Waals surface area contributed by atoms with Crippen LogP contribution in [0.5, 0.6) is 0 Å². The molecule has 0 saturated carbocycles. The summed E-state index contributed by atoms with van der Waals surface area (Å²) in [6.07, 6.45) is 0. The summed E-state index contributed by atoms with van der Waals surface area (Å²) in [5.41, 5.74) is 5.56. The number of hydrogen-bond donors (Lipinski definition) is 3. The van der Waals surface area contributed by atoms with E-state index in [0.29, 0.717) is 0 Å². The van der Waals surface area contributed by atoms with E-state index in [4.69, 9.17) is 5.73 Å². The van der Waals surface area contributed by atoms with Gasteiger partial charge in [0.05, 0.1) is 11.4 Å². The highest BCUT2D eigenvalue weighted by atomic mass is 32.2. The van der Waals surface area contributed by atoms with E-state index in [2.05, 4.69) is 4.72 Å². The molecule has 0 aliphatic heterocycles. The maximum absolute atomic E-state index is 12.6. The fourth-order valence-corrected chi connectivity index (χ4v) is 1.40. The minimum Gasteiger partial charge on any atom is -0.397 e. The summed E-state index contributed by atoms with van der Waals surface area (Å²) in [5, 5.41) is 0. The maximum Gasteiger partial charge on any atom is 0.298 e. The highest BCUT2D eigenvalue weighted by molar-refractivity contribution is 7.90. The number of hydrogen-bond acceptors (Lipinski definition) is 3. The van der Waals surface area contributed by atoms with Gasteiger partial charge in [0.2, 0.25) is 0 Å². The molecule has 0 heterocycles. The van der Waals surface area contributed by atoms with Crippen LogP contribution in [0.15, 0.2) is 18.2 Å². The first kappa shape index (κ1) is 10.7. The number of rotatable bonds is 3. The van der Waals surface area contributed by atoms with Crippen molar-refractivity contribution in [1.82, 2.24) is 4.72 Å². The van der Waals surface area contributed by atoms with Crippen molar-refractivity contribution in [3.8, 4) is 0 Å². The van der Waals surface area contributed by atoms with Crippen molar-refractivity contribution >= 4 is 21.6 Å². The van der Waals surface area contributed by atoms with Crippen molar-refractivity contribution in [2.45, 2.75) is 0 Å². The quantitative estimate of drug-likeness (QED) is 0.638. The predicted molar refractivity (Wildman–Crippen MR) is 52.4 cm³/mol. The lowest BCUT2D eigenvalue weighted by molar-refractivity contribution is 0.593. The average molecular weight is 219 g/mol. The fourth-order valence-electron chi connectivity index (χ4n) is 0.822. The van der Waals surface area contributed by atoms with Crippen LogP contribution in [0.25, 0.3) is 0 Å². The fraction of sp³-hybridized carbons (Fsp3) is 0.143. The van der Waals surface area contributed by atoms with Crippen molar-refractivity contribution < 1.29 is 12.8 Å². The highest BCUT2D eigenvalue weighted by Crippen LogP contribution is 2.19. The third-order valence-electron chi connectivity index (χ3n) is 1.53. The predicted octanol–water partition coefficient (Wildman–Crippen LogP) is 0.284. The van der Waals surface area contributed by atoms with Crippen LogP contribution in [-0.2, 0) is 10.2 Å². The van der Waals surface area contributed by atoms with Gasteiger partial charge in [0, 0.05) is 7.05 Å². The SMILES string of the molecule is CNS(=O)(=O)Nc1ccc(F)cc1N. The first-order valence-electron chi connectivity index (χ1n) is 3.71. The Hall–Kier alpha value is -1.34. The largest absolute Gasteiger partial charge is 0.397 e. The molecule has 0 aliphatic rings. The Labute approximate surface area is 81.3 Å². The van der Waals surface area contributed by atoms with E-state index in [-0.39, 0.29) is 11.4 Å². The molecule has 0 unspecified atom stereocenters. The lowest BCUT2D eigenvalue weighted by Gasteiger charge is -2.08. The molecule has 1 aromatic rings. The van der Waals surface area contributed by atoms with Crippen molar-refractivity contribution in [1.29, 1.82) is 0 Å². The Kier molecular flexibility index (Phi) is 2.92. The second-order valence-electron chi connectivity index (χ2n) is 2.54. The molecule has 0 fully saturated rings. The summed E-state index contributed by atoms with van der Waals surface area (Å²) in [7, 11) is -2.36. The van der Waals surface area contributed by atoms with Crippen molar-refractivity contribution in [3.05, 3.63) is 24.0 Å². The summed E-state index contributed by atoms with van der Waals surface area (Å²) in [6, 6.07) is 3.40. The van der Waals surface area contributed by atoms with E-state index >= 15 is 0 Å². The van der Waals surface area contributed by atoms with E-state index < -0.39 is 16.0 Å². The van der Waals surface area contributed by atoms with Gasteiger partial charge in [0.25, 0.3) is 10.2 Å². The second kappa shape index (κ2) is 3.81. The van der Waals surface area contributed by atoms with Crippen molar-refractivity contribution in [2.75, 3.05) is 17.5 Å². The third-order valence-corrected chi connectivity index (χ3v) is 2.55. The van der Waals surface area contributed by atoms with Crippen LogP contribution in [0, 0.1) is 5.82 Å². The number of benzene rings is 1. The number of anilines is 2. The zero-order valence-electron chi connectivity index (χ0n) is 7.41. The van der Waals surface area contributed by atoms with Gasteiger partial charge in [-0.3, -0.25) is 4.72 Å². The van der Waals surface area contributed by atoms with Crippen LogP contribution < -0.4 is 15.2 Å². The number of nitrogens with two attached hydrogens (primary N) is 1. The molecular weight excluding hydrogens is 209 g/mol. The Bertz CT molecular complexity index is 433. The summed E-state index contributed by atoms with van der Waals surface area (Å²) in [6.45, 7) is 0. The average Bonchev–Trinajstić information content (AvgIpc) is 2.10. The molecule has 5 nitrogen and oxygen atoms in total. The van der Waals surface area contributed by atoms with E-state index in [9.17, 15) is 12.8 Å². The molecule has 1 rings (SSSR count). The van der Waals surface area contributed by atoms with Crippen LogP contribution in [0.3, 0.4) is 0 Å². The van der Waals surface area contributed by atoms with Gasteiger partial charge in [-0.2, -0.15) is 8.42 Å². The first-order valence-corrected chi connectivity index (χ1v) is 5.19. The topological polar surface area (TPSA) is 84.2 Å². The maximum atomic E-state index is 12.6. The molecule has 14 heavy (non-hydrogen) atoms. The summed E-state index contributed by atoms with van der Waals surface area (Å²) >= 11 is 0. The van der Waals surface area contributed by atoms with Gasteiger partial charge >= 0.3 is 0 Å². The standard InChI is InChI=1S/C7H10FN3O2S/c1-10-14(12,13)11-7-3-2-5(8)4-6(7)9/h2-4,10-11H,9H2,1H3. The molecule has 0 aliphatic carbocycles. The normalized spacial score (nSPS) is 11.3. The van der Waals surface area contributed by atoms with Crippen LogP contribution in [0.2, 0.25) is 0 Å². The van der Waals surface area contributed by atoms with Crippen molar-refractivity contribution in [3.63, 3.8) is 0 Å². The van der Waals surface area contributed by atoms with Crippen molar-refractivity contribution in [2.24, 2.45) is 0 Å². The summed E-state index contributed by atoms with van der Waals surface area (Å²) in [4.78, 5) is 0. The third kappa shape index (κ3) is 2.57. The van der Waals surface area contributed by atoms with Crippen LogP contribution in [0.1, 0.15) is 0 Å². The molecule has 0 bridgehead atoms. The van der Waals surface area contributed by atoms with Gasteiger partial charge in [-0.15, -0.1) is 0 Å². The van der Waals surface area contributed by atoms with Crippen LogP contribution in [0.4, 0.5) is 15.8 Å². The molecule has 7 heteroatoms. The van der Waals surface area contributed by atoms with Crippen LogP contribution in [-0.4, -0.2) is 15.5 Å². The molecule has 0 atom stereocenters. The Morgan fingerprint density at radius 3 is 2.57 bits per heavy atom. The summed E-state index contributed by atoms with van der Waals surface area (Å²) in [5.74, 6) is -0.519. The zero-order valence-corrected chi connectivity index (χ0v) is 8.23. The first-order chi connectivity index (χ1) is 6.44. The minimum absolute atomic E-state index is 0.0313. The van der Waals surface area contributed by atoms with Gasteiger partial charge in [-0.1, -0.05) is 0 Å². The molecule has 0 saturated heterocycles. The Morgan fingerprint density at radius 1 is 1.43 bits per heavy atom. The molecule has 0 amide bonds. The molecule has 0 aromatic heterocycles. The molecular formula is C7H10FN3O2S. The molecule has 0 radical (unpaired) electrons. The van der Waals surface area contributed by atoms with Gasteiger partial charge in [0.15, 0.2) is 0 Å². The molecule has 4 N–H and O–H groups in total. The smallest absolute Gasteiger partial charge is 0.298 e. The molecule has 0 spiro atoms. The minimum atomic E-state index is -3.61. The molecule has 1 aromatic carbocycles. The Morgan fingerprint density at radius 2 is 2.07 bits per heavy atom. The summed E-state index contributed by atoms with van der Waals surface area (Å²) < 4.78 is 38.8.